The Bertz CT molecular complexity index is 816. The van der Waals surface area contributed by atoms with Crippen LogP contribution in [0.3, 0.4) is 0 Å². The second-order valence-corrected chi connectivity index (χ2v) is 7.64. The average Bonchev–Trinajstić information content (AvgIpc) is 2.72. The number of amides is 2. The SMILES string of the molecule is CNC(=O)C(C)N(Cc1cccc(OC)c1)C(=O)CSCc1ccccc1Cl. The predicted molar refractivity (Wildman–Crippen MR) is 115 cm³/mol. The van der Waals surface area contributed by atoms with Crippen LogP contribution in [0.25, 0.3) is 0 Å². The van der Waals surface area contributed by atoms with E-state index in [0.29, 0.717) is 23.1 Å². The highest BCUT2D eigenvalue weighted by Gasteiger charge is 2.25. The summed E-state index contributed by atoms with van der Waals surface area (Å²) in [4.78, 5) is 26.6. The number of thioether (sulfide) groups is 1. The van der Waals surface area contributed by atoms with Crippen molar-refractivity contribution in [1.29, 1.82) is 0 Å². The molecule has 0 aliphatic rings. The van der Waals surface area contributed by atoms with Crippen LogP contribution in [0.2, 0.25) is 5.02 Å². The molecule has 7 heteroatoms. The van der Waals surface area contributed by atoms with Crippen LogP contribution in [0.1, 0.15) is 18.1 Å². The van der Waals surface area contributed by atoms with Gasteiger partial charge in [-0.15, -0.1) is 11.8 Å². The standard InChI is InChI=1S/C21H25ClN2O3S/c1-15(21(26)23-2)24(12-16-7-6-9-18(11-16)27-3)20(25)14-28-13-17-8-4-5-10-19(17)22/h4-11,15H,12-14H2,1-3H3,(H,23,26). The Labute approximate surface area is 175 Å². The first-order valence-corrected chi connectivity index (χ1v) is 10.4. The Morgan fingerprint density at radius 1 is 1.21 bits per heavy atom. The zero-order chi connectivity index (χ0) is 20.5. The molecular weight excluding hydrogens is 396 g/mol. The van der Waals surface area contributed by atoms with Crippen molar-refractivity contribution in [3.8, 4) is 5.75 Å². The Kier molecular flexibility index (Phi) is 8.67. The van der Waals surface area contributed by atoms with Gasteiger partial charge in [0.05, 0.1) is 12.9 Å². The molecular formula is C21H25ClN2O3S. The molecule has 0 saturated carbocycles. The highest BCUT2D eigenvalue weighted by Crippen LogP contribution is 2.22. The van der Waals surface area contributed by atoms with Crippen LogP contribution < -0.4 is 10.1 Å². The van der Waals surface area contributed by atoms with Gasteiger partial charge in [0.25, 0.3) is 0 Å². The summed E-state index contributed by atoms with van der Waals surface area (Å²) in [7, 11) is 3.17. The molecule has 150 valence electrons. The predicted octanol–water partition coefficient (Wildman–Crippen LogP) is 3.75. The number of hydrogen-bond donors (Lipinski definition) is 1. The van der Waals surface area contributed by atoms with Gasteiger partial charge in [-0.1, -0.05) is 41.9 Å². The number of nitrogens with zero attached hydrogens (tertiary/aromatic N) is 1. The first-order chi connectivity index (χ1) is 13.5. The van der Waals surface area contributed by atoms with E-state index in [1.165, 1.54) is 11.8 Å². The molecule has 0 aliphatic heterocycles. The number of benzene rings is 2. The molecule has 0 radical (unpaired) electrons. The fourth-order valence-corrected chi connectivity index (χ4v) is 3.90. The molecule has 28 heavy (non-hydrogen) atoms. The van der Waals surface area contributed by atoms with Crippen LogP contribution in [-0.2, 0) is 21.9 Å². The molecule has 0 spiro atoms. The number of carbonyl (C=O) groups excluding carboxylic acids is 2. The first kappa shape index (κ1) is 22.1. The van der Waals surface area contributed by atoms with Gasteiger partial charge < -0.3 is 15.0 Å². The van der Waals surface area contributed by atoms with Gasteiger partial charge >= 0.3 is 0 Å². The Morgan fingerprint density at radius 2 is 1.96 bits per heavy atom. The number of carbonyl (C=O) groups is 2. The number of halogens is 1. The Balaban J connectivity index is 2.08. The van der Waals surface area contributed by atoms with Crippen LogP contribution in [0, 0.1) is 0 Å². The smallest absolute Gasteiger partial charge is 0.242 e. The van der Waals surface area contributed by atoms with E-state index in [0.717, 1.165) is 11.1 Å². The lowest BCUT2D eigenvalue weighted by Crippen LogP contribution is -2.47. The second kappa shape index (κ2) is 11.0. The van der Waals surface area contributed by atoms with Crippen molar-refractivity contribution in [2.24, 2.45) is 0 Å². The van der Waals surface area contributed by atoms with Gasteiger partial charge in [0.1, 0.15) is 11.8 Å². The largest absolute Gasteiger partial charge is 0.497 e. The van der Waals surface area contributed by atoms with Gasteiger partial charge in [-0.3, -0.25) is 9.59 Å². The lowest BCUT2D eigenvalue weighted by atomic mass is 10.1. The van der Waals surface area contributed by atoms with E-state index in [2.05, 4.69) is 5.32 Å². The van der Waals surface area contributed by atoms with Gasteiger partial charge in [0.15, 0.2) is 0 Å². The normalized spacial score (nSPS) is 11.6. The quantitative estimate of drug-likeness (QED) is 0.671. The van der Waals surface area contributed by atoms with Crippen LogP contribution in [0.5, 0.6) is 5.75 Å². The zero-order valence-corrected chi connectivity index (χ0v) is 17.8. The summed E-state index contributed by atoms with van der Waals surface area (Å²) in [5, 5.41) is 3.31. The van der Waals surface area contributed by atoms with Crippen molar-refractivity contribution < 1.29 is 14.3 Å². The minimum Gasteiger partial charge on any atom is -0.497 e. The van der Waals surface area contributed by atoms with E-state index >= 15 is 0 Å². The summed E-state index contributed by atoms with van der Waals surface area (Å²) in [6.07, 6.45) is 0. The average molecular weight is 421 g/mol. The highest BCUT2D eigenvalue weighted by atomic mass is 35.5. The van der Waals surface area contributed by atoms with E-state index in [4.69, 9.17) is 16.3 Å². The molecule has 0 saturated heterocycles. The molecule has 2 rings (SSSR count). The number of hydrogen-bond acceptors (Lipinski definition) is 4. The van der Waals surface area contributed by atoms with Crippen LogP contribution >= 0.6 is 23.4 Å². The van der Waals surface area contributed by atoms with Gasteiger partial charge in [0.2, 0.25) is 11.8 Å². The maximum Gasteiger partial charge on any atom is 0.242 e. The summed E-state index contributed by atoms with van der Waals surface area (Å²) in [5.74, 6) is 1.30. The number of nitrogens with one attached hydrogen (secondary N) is 1. The van der Waals surface area contributed by atoms with E-state index in [1.807, 2.05) is 48.5 Å². The van der Waals surface area contributed by atoms with Crippen LogP contribution in [0.4, 0.5) is 0 Å². The monoisotopic (exact) mass is 420 g/mol. The fraction of sp³-hybridized carbons (Fsp3) is 0.333. The van der Waals surface area contributed by atoms with Crippen molar-refractivity contribution in [1.82, 2.24) is 10.2 Å². The lowest BCUT2D eigenvalue weighted by Gasteiger charge is -2.28. The third-order valence-electron chi connectivity index (χ3n) is 4.34. The van der Waals surface area contributed by atoms with Crippen molar-refractivity contribution in [2.45, 2.75) is 25.3 Å². The Morgan fingerprint density at radius 3 is 2.64 bits per heavy atom. The summed E-state index contributed by atoms with van der Waals surface area (Å²) in [6.45, 7) is 2.06. The van der Waals surface area contributed by atoms with Crippen molar-refractivity contribution in [2.75, 3.05) is 19.9 Å². The van der Waals surface area contributed by atoms with Gasteiger partial charge in [-0.2, -0.15) is 0 Å². The van der Waals surface area contributed by atoms with E-state index < -0.39 is 6.04 Å². The van der Waals surface area contributed by atoms with Gasteiger partial charge in [-0.05, 0) is 36.2 Å². The molecule has 1 unspecified atom stereocenters. The number of methoxy groups -OCH3 is 1. The van der Waals surface area contributed by atoms with Crippen molar-refractivity contribution in [3.63, 3.8) is 0 Å². The maximum absolute atomic E-state index is 12.9. The van der Waals surface area contributed by atoms with E-state index in [1.54, 1.807) is 26.0 Å². The molecule has 0 aromatic heterocycles. The summed E-state index contributed by atoms with van der Waals surface area (Å²) >= 11 is 7.66. The second-order valence-electron chi connectivity index (χ2n) is 6.25. The summed E-state index contributed by atoms with van der Waals surface area (Å²) in [5.41, 5.74) is 1.89. The minimum atomic E-state index is -0.579. The highest BCUT2D eigenvalue weighted by molar-refractivity contribution is 7.99. The number of likely N-dealkylation sites (N-methyl/N-ethyl adjacent to an activating group) is 1. The molecule has 0 bridgehead atoms. The number of rotatable bonds is 9. The summed E-state index contributed by atoms with van der Waals surface area (Å²) in [6, 6.07) is 14.5. The molecule has 1 atom stereocenters. The molecule has 2 aromatic rings. The van der Waals surface area contributed by atoms with Crippen LogP contribution in [0.15, 0.2) is 48.5 Å². The van der Waals surface area contributed by atoms with Crippen LogP contribution in [-0.4, -0.2) is 42.7 Å². The lowest BCUT2D eigenvalue weighted by molar-refractivity contribution is -0.138. The van der Waals surface area contributed by atoms with Crippen molar-refractivity contribution in [3.05, 3.63) is 64.7 Å². The number of ether oxygens (including phenoxy) is 1. The third kappa shape index (κ3) is 6.17. The Hall–Kier alpha value is -2.18. The van der Waals surface area contributed by atoms with Gasteiger partial charge in [0, 0.05) is 24.4 Å². The molecule has 0 aliphatic carbocycles. The van der Waals surface area contributed by atoms with Gasteiger partial charge in [-0.25, -0.2) is 0 Å². The minimum absolute atomic E-state index is 0.101. The zero-order valence-electron chi connectivity index (χ0n) is 16.3. The fourth-order valence-electron chi connectivity index (χ4n) is 2.71. The molecule has 1 N–H and O–H groups in total. The van der Waals surface area contributed by atoms with E-state index in [-0.39, 0.29) is 17.6 Å². The molecule has 0 heterocycles. The maximum atomic E-state index is 12.9. The van der Waals surface area contributed by atoms with Crippen molar-refractivity contribution >= 4 is 35.2 Å². The molecule has 2 aromatic carbocycles. The van der Waals surface area contributed by atoms with E-state index in [9.17, 15) is 9.59 Å². The molecule has 0 fully saturated rings. The third-order valence-corrected chi connectivity index (χ3v) is 5.68. The topological polar surface area (TPSA) is 58.6 Å². The molecule has 5 nitrogen and oxygen atoms in total. The first-order valence-electron chi connectivity index (χ1n) is 8.91. The molecule has 2 amide bonds. The summed E-state index contributed by atoms with van der Waals surface area (Å²) < 4.78 is 5.25.